The van der Waals surface area contributed by atoms with Crippen LogP contribution in [0.5, 0.6) is 11.5 Å². The van der Waals surface area contributed by atoms with Crippen LogP contribution in [0.3, 0.4) is 0 Å². The second-order valence-corrected chi connectivity index (χ2v) is 7.77. The second-order valence-electron chi connectivity index (χ2n) is 7.77. The number of likely N-dealkylation sites (tertiary alicyclic amines) is 1. The minimum Gasteiger partial charge on any atom is -0.497 e. The van der Waals surface area contributed by atoms with E-state index in [2.05, 4.69) is 15.6 Å². The zero-order valence-corrected chi connectivity index (χ0v) is 20.4. The number of nitrogens with zero attached hydrogens (tertiary/aromatic N) is 2. The average molecular weight is 530 g/mol. The van der Waals surface area contributed by atoms with Crippen molar-refractivity contribution in [3.63, 3.8) is 0 Å². The van der Waals surface area contributed by atoms with Gasteiger partial charge in [-0.3, -0.25) is 9.79 Å². The van der Waals surface area contributed by atoms with E-state index in [0.717, 1.165) is 49.8 Å². The maximum Gasteiger partial charge on any atom is 0.225 e. The SMILES string of the molecule is CN=C(NCCOc1ccc(OC)cc1)NC1CCN(C(=O)C2CCCCC2)C1.I. The van der Waals surface area contributed by atoms with Crippen LogP contribution in [0.2, 0.25) is 0 Å². The maximum atomic E-state index is 12.7. The molecule has 3 rings (SSSR count). The Bertz CT molecular complexity index is 677. The number of guanidine groups is 1. The number of nitrogens with one attached hydrogen (secondary N) is 2. The van der Waals surface area contributed by atoms with Gasteiger partial charge in [0.1, 0.15) is 18.1 Å². The number of methoxy groups -OCH3 is 1. The van der Waals surface area contributed by atoms with Gasteiger partial charge in [-0.15, -0.1) is 24.0 Å². The molecule has 1 amide bonds. The molecular weight excluding hydrogens is 495 g/mol. The molecule has 1 aromatic carbocycles. The number of ether oxygens (including phenoxy) is 2. The second kappa shape index (κ2) is 12.9. The van der Waals surface area contributed by atoms with E-state index in [1.54, 1.807) is 14.2 Å². The van der Waals surface area contributed by atoms with E-state index >= 15 is 0 Å². The van der Waals surface area contributed by atoms with E-state index in [1.165, 1.54) is 19.3 Å². The molecule has 1 heterocycles. The molecule has 1 aromatic rings. The molecule has 30 heavy (non-hydrogen) atoms. The first-order valence-corrected chi connectivity index (χ1v) is 10.7. The highest BCUT2D eigenvalue weighted by atomic mass is 127. The third-order valence-electron chi connectivity index (χ3n) is 5.74. The largest absolute Gasteiger partial charge is 0.497 e. The number of hydrogen-bond acceptors (Lipinski definition) is 4. The van der Waals surface area contributed by atoms with Gasteiger partial charge in [-0.05, 0) is 43.5 Å². The van der Waals surface area contributed by atoms with Gasteiger partial charge in [0.25, 0.3) is 0 Å². The molecule has 7 nitrogen and oxygen atoms in total. The molecular formula is C22H35IN4O3. The van der Waals surface area contributed by atoms with Crippen molar-refractivity contribution in [1.29, 1.82) is 0 Å². The van der Waals surface area contributed by atoms with Gasteiger partial charge in [0.15, 0.2) is 5.96 Å². The Morgan fingerprint density at radius 3 is 2.50 bits per heavy atom. The lowest BCUT2D eigenvalue weighted by Crippen LogP contribution is -2.46. The van der Waals surface area contributed by atoms with E-state index in [4.69, 9.17) is 9.47 Å². The van der Waals surface area contributed by atoms with Crippen LogP contribution in [0.1, 0.15) is 38.5 Å². The Morgan fingerprint density at radius 2 is 1.83 bits per heavy atom. The summed E-state index contributed by atoms with van der Waals surface area (Å²) in [5, 5.41) is 6.72. The van der Waals surface area contributed by atoms with Crippen LogP contribution in [0.25, 0.3) is 0 Å². The molecule has 0 aromatic heterocycles. The molecule has 0 bridgehead atoms. The van der Waals surface area contributed by atoms with Crippen LogP contribution in [0, 0.1) is 5.92 Å². The lowest BCUT2D eigenvalue weighted by Gasteiger charge is -2.26. The summed E-state index contributed by atoms with van der Waals surface area (Å²) < 4.78 is 10.9. The van der Waals surface area contributed by atoms with E-state index in [0.29, 0.717) is 19.1 Å². The predicted molar refractivity (Wildman–Crippen MR) is 130 cm³/mol. The van der Waals surface area contributed by atoms with E-state index in [9.17, 15) is 4.79 Å². The highest BCUT2D eigenvalue weighted by molar-refractivity contribution is 14.0. The molecule has 1 aliphatic carbocycles. The number of aliphatic imine (C=N–C) groups is 1. The third kappa shape index (κ3) is 7.21. The van der Waals surface area contributed by atoms with Crippen molar-refractivity contribution >= 4 is 35.8 Å². The van der Waals surface area contributed by atoms with Crippen molar-refractivity contribution in [2.24, 2.45) is 10.9 Å². The zero-order chi connectivity index (χ0) is 20.5. The van der Waals surface area contributed by atoms with Gasteiger partial charge in [-0.25, -0.2) is 0 Å². The summed E-state index contributed by atoms with van der Waals surface area (Å²) in [4.78, 5) is 19.0. The van der Waals surface area contributed by atoms with E-state index in [1.807, 2.05) is 29.2 Å². The van der Waals surface area contributed by atoms with Crippen LogP contribution in [0.4, 0.5) is 0 Å². The van der Waals surface area contributed by atoms with Crippen LogP contribution >= 0.6 is 24.0 Å². The van der Waals surface area contributed by atoms with Crippen molar-refractivity contribution in [2.75, 3.05) is 40.4 Å². The lowest BCUT2D eigenvalue weighted by molar-refractivity contribution is -0.135. The number of halogens is 1. The highest BCUT2D eigenvalue weighted by Gasteiger charge is 2.31. The van der Waals surface area contributed by atoms with Crippen molar-refractivity contribution < 1.29 is 14.3 Å². The Labute approximate surface area is 197 Å². The van der Waals surface area contributed by atoms with Crippen molar-refractivity contribution in [3.8, 4) is 11.5 Å². The molecule has 0 spiro atoms. The molecule has 2 aliphatic rings. The number of rotatable bonds is 7. The summed E-state index contributed by atoms with van der Waals surface area (Å²) >= 11 is 0. The van der Waals surface area contributed by atoms with Crippen LogP contribution in [-0.2, 0) is 4.79 Å². The number of benzene rings is 1. The van der Waals surface area contributed by atoms with Crippen molar-refractivity contribution in [3.05, 3.63) is 24.3 Å². The third-order valence-corrected chi connectivity index (χ3v) is 5.74. The predicted octanol–water partition coefficient (Wildman–Crippen LogP) is 3.04. The van der Waals surface area contributed by atoms with Crippen molar-refractivity contribution in [2.45, 2.75) is 44.6 Å². The first-order valence-electron chi connectivity index (χ1n) is 10.7. The summed E-state index contributed by atoms with van der Waals surface area (Å²) in [6, 6.07) is 7.79. The van der Waals surface area contributed by atoms with Gasteiger partial charge in [-0.1, -0.05) is 19.3 Å². The Kier molecular flexibility index (Phi) is 10.5. The monoisotopic (exact) mass is 530 g/mol. The Morgan fingerprint density at radius 1 is 1.13 bits per heavy atom. The number of amides is 1. The first kappa shape index (κ1) is 24.6. The molecule has 168 valence electrons. The number of carbonyl (C=O) groups is 1. The fourth-order valence-electron chi connectivity index (χ4n) is 4.08. The molecule has 1 saturated heterocycles. The smallest absolute Gasteiger partial charge is 0.225 e. The van der Waals surface area contributed by atoms with E-state index in [-0.39, 0.29) is 35.9 Å². The zero-order valence-electron chi connectivity index (χ0n) is 18.1. The van der Waals surface area contributed by atoms with Gasteiger partial charge in [0.2, 0.25) is 5.91 Å². The average Bonchev–Trinajstić information content (AvgIpc) is 3.24. The van der Waals surface area contributed by atoms with Gasteiger partial charge in [0.05, 0.1) is 13.7 Å². The molecule has 0 radical (unpaired) electrons. The van der Waals surface area contributed by atoms with Crippen LogP contribution in [-0.4, -0.2) is 63.2 Å². The topological polar surface area (TPSA) is 75.2 Å². The van der Waals surface area contributed by atoms with Gasteiger partial charge >= 0.3 is 0 Å². The molecule has 2 N–H and O–H groups in total. The van der Waals surface area contributed by atoms with Crippen molar-refractivity contribution in [1.82, 2.24) is 15.5 Å². The minimum absolute atomic E-state index is 0. The number of hydrogen-bond donors (Lipinski definition) is 2. The molecule has 1 saturated carbocycles. The van der Waals surface area contributed by atoms with E-state index < -0.39 is 0 Å². The van der Waals surface area contributed by atoms with Gasteiger partial charge in [0, 0.05) is 32.1 Å². The fourth-order valence-corrected chi connectivity index (χ4v) is 4.08. The summed E-state index contributed by atoms with van der Waals surface area (Å²) in [5.41, 5.74) is 0. The summed E-state index contributed by atoms with van der Waals surface area (Å²) in [6.07, 6.45) is 6.75. The maximum absolute atomic E-state index is 12.7. The normalized spacial score (nSPS) is 19.7. The van der Waals surface area contributed by atoms with Gasteiger partial charge < -0.3 is 25.0 Å². The Hall–Kier alpha value is -1.71. The van der Waals surface area contributed by atoms with Crippen LogP contribution < -0.4 is 20.1 Å². The quantitative estimate of drug-likeness (QED) is 0.246. The molecule has 1 unspecified atom stereocenters. The van der Waals surface area contributed by atoms with Gasteiger partial charge in [-0.2, -0.15) is 0 Å². The number of carbonyl (C=O) groups excluding carboxylic acids is 1. The first-order chi connectivity index (χ1) is 14.2. The molecule has 1 atom stereocenters. The summed E-state index contributed by atoms with van der Waals surface area (Å²) in [5.74, 6) is 2.97. The summed E-state index contributed by atoms with van der Waals surface area (Å²) in [7, 11) is 3.41. The van der Waals surface area contributed by atoms with Crippen LogP contribution in [0.15, 0.2) is 29.3 Å². The molecule has 8 heteroatoms. The lowest BCUT2D eigenvalue weighted by atomic mass is 9.88. The highest BCUT2D eigenvalue weighted by Crippen LogP contribution is 2.26. The Balaban J connectivity index is 0.00000320. The fraction of sp³-hybridized carbons (Fsp3) is 0.636. The standard InChI is InChI=1S/C22H34N4O3.HI/c1-23-22(24-13-15-29-20-10-8-19(28-2)9-11-20)25-18-12-14-26(16-18)21(27)17-6-4-3-5-7-17;/h8-11,17-18H,3-7,12-16H2,1-2H3,(H2,23,24,25);1H. The molecule has 2 fully saturated rings. The minimum atomic E-state index is 0. The molecule has 1 aliphatic heterocycles. The summed E-state index contributed by atoms with van der Waals surface area (Å²) in [6.45, 7) is 2.77.